The van der Waals surface area contributed by atoms with Crippen LogP contribution in [0.5, 0.6) is 0 Å². The van der Waals surface area contributed by atoms with Crippen molar-refractivity contribution in [2.24, 2.45) is 0 Å². The maximum Gasteiger partial charge on any atom is 0.0485 e. The third-order valence-corrected chi connectivity index (χ3v) is 4.93. The van der Waals surface area contributed by atoms with Crippen LogP contribution in [0, 0.1) is 0 Å². The number of aromatic nitrogens is 1. The van der Waals surface area contributed by atoms with Gasteiger partial charge in [0.1, 0.15) is 0 Å². The van der Waals surface area contributed by atoms with Crippen LogP contribution >= 0.6 is 0 Å². The summed E-state index contributed by atoms with van der Waals surface area (Å²) in [4.78, 5) is 2.70. The lowest BCUT2D eigenvalue weighted by molar-refractivity contribution is 0.221. The van der Waals surface area contributed by atoms with Gasteiger partial charge in [-0.25, -0.2) is 0 Å². The van der Waals surface area contributed by atoms with Gasteiger partial charge in [-0.2, -0.15) is 0 Å². The van der Waals surface area contributed by atoms with E-state index < -0.39 is 0 Å². The van der Waals surface area contributed by atoms with Crippen molar-refractivity contribution in [3.05, 3.63) is 35.5 Å². The van der Waals surface area contributed by atoms with Crippen molar-refractivity contribution in [1.29, 1.82) is 0 Å². The molecule has 1 aromatic heterocycles. The van der Waals surface area contributed by atoms with E-state index in [2.05, 4.69) is 40.7 Å². The molecule has 0 radical (unpaired) electrons. The van der Waals surface area contributed by atoms with Crippen LogP contribution in [0.3, 0.4) is 0 Å². The molecule has 1 unspecified atom stereocenters. The van der Waals surface area contributed by atoms with Crippen LogP contribution in [0.4, 0.5) is 0 Å². The number of fused-ring (bicyclic) bond motifs is 4. The fourth-order valence-electron chi connectivity index (χ4n) is 4.08. The molecule has 2 aliphatic rings. The quantitative estimate of drug-likeness (QED) is 0.795. The summed E-state index contributed by atoms with van der Waals surface area (Å²) in [5.74, 6) is 0. The van der Waals surface area contributed by atoms with Crippen molar-refractivity contribution in [3.63, 3.8) is 0 Å². The zero-order chi connectivity index (χ0) is 12.8. The standard InChI is InChI=1S/C17H22N2/c1-2-9-19-16-8-4-3-7-14(16)15-11-13-6-5-10-18(13)12-17(15)19/h3-4,7-8,13H,2,5-6,9-12H2,1H3. The number of aryl methyl sites for hydroxylation is 1. The molecule has 4 rings (SSSR count). The topological polar surface area (TPSA) is 8.17 Å². The molecule has 2 aromatic rings. The minimum absolute atomic E-state index is 0.813. The van der Waals surface area contributed by atoms with Gasteiger partial charge >= 0.3 is 0 Å². The molecule has 1 saturated heterocycles. The molecule has 0 aliphatic carbocycles. The van der Waals surface area contributed by atoms with Gasteiger partial charge in [-0.15, -0.1) is 0 Å². The molecule has 19 heavy (non-hydrogen) atoms. The van der Waals surface area contributed by atoms with Gasteiger partial charge in [0.15, 0.2) is 0 Å². The van der Waals surface area contributed by atoms with Gasteiger partial charge in [0, 0.05) is 35.7 Å². The van der Waals surface area contributed by atoms with Crippen molar-refractivity contribution in [2.75, 3.05) is 6.54 Å². The van der Waals surface area contributed by atoms with Gasteiger partial charge in [-0.05, 0) is 43.9 Å². The fourth-order valence-corrected chi connectivity index (χ4v) is 4.08. The Bertz CT molecular complexity index is 611. The van der Waals surface area contributed by atoms with Crippen LogP contribution in [-0.2, 0) is 19.5 Å². The highest BCUT2D eigenvalue weighted by molar-refractivity contribution is 5.86. The SMILES string of the molecule is CCCn1c2c(c3ccccc31)CC1CCCN1C2. The van der Waals surface area contributed by atoms with Crippen molar-refractivity contribution < 1.29 is 0 Å². The Hall–Kier alpha value is -1.28. The molecule has 0 bridgehead atoms. The molecule has 1 atom stereocenters. The van der Waals surface area contributed by atoms with E-state index in [1.54, 1.807) is 11.3 Å². The maximum atomic E-state index is 2.70. The van der Waals surface area contributed by atoms with Crippen molar-refractivity contribution >= 4 is 10.9 Å². The molecular formula is C17H22N2. The minimum atomic E-state index is 0.813. The normalized spacial score (nSPS) is 22.7. The van der Waals surface area contributed by atoms with Gasteiger partial charge in [0.25, 0.3) is 0 Å². The Labute approximate surface area is 115 Å². The van der Waals surface area contributed by atoms with E-state index in [1.807, 2.05) is 0 Å². The van der Waals surface area contributed by atoms with Crippen molar-refractivity contribution in [2.45, 2.75) is 51.7 Å². The molecule has 0 N–H and O–H groups in total. The van der Waals surface area contributed by atoms with E-state index in [1.165, 1.54) is 49.7 Å². The van der Waals surface area contributed by atoms with Gasteiger partial charge in [-0.1, -0.05) is 25.1 Å². The average Bonchev–Trinajstić information content (AvgIpc) is 3.01. The largest absolute Gasteiger partial charge is 0.343 e. The fraction of sp³-hybridized carbons (Fsp3) is 0.529. The van der Waals surface area contributed by atoms with Crippen LogP contribution in [0.1, 0.15) is 37.4 Å². The first-order valence-electron chi connectivity index (χ1n) is 7.71. The molecule has 2 nitrogen and oxygen atoms in total. The number of nitrogens with zero attached hydrogens (tertiary/aromatic N) is 2. The van der Waals surface area contributed by atoms with Crippen LogP contribution in [-0.4, -0.2) is 22.1 Å². The van der Waals surface area contributed by atoms with Crippen LogP contribution in [0.15, 0.2) is 24.3 Å². The lowest BCUT2D eigenvalue weighted by Gasteiger charge is -2.30. The third kappa shape index (κ3) is 1.66. The van der Waals surface area contributed by atoms with Gasteiger partial charge < -0.3 is 4.57 Å². The summed E-state index contributed by atoms with van der Waals surface area (Å²) in [5, 5.41) is 1.51. The Kier molecular flexibility index (Phi) is 2.66. The molecule has 0 saturated carbocycles. The summed E-state index contributed by atoms with van der Waals surface area (Å²) in [7, 11) is 0. The lowest BCUT2D eigenvalue weighted by Crippen LogP contribution is -2.35. The van der Waals surface area contributed by atoms with Crippen molar-refractivity contribution in [3.8, 4) is 0 Å². The highest BCUT2D eigenvalue weighted by Gasteiger charge is 2.33. The summed E-state index contributed by atoms with van der Waals surface area (Å²) < 4.78 is 2.58. The van der Waals surface area contributed by atoms with E-state index in [0.29, 0.717) is 0 Å². The van der Waals surface area contributed by atoms with Crippen LogP contribution in [0.25, 0.3) is 10.9 Å². The van der Waals surface area contributed by atoms with Gasteiger partial charge in [0.05, 0.1) is 0 Å². The zero-order valence-corrected chi connectivity index (χ0v) is 11.7. The lowest BCUT2D eigenvalue weighted by atomic mass is 9.97. The van der Waals surface area contributed by atoms with Crippen LogP contribution < -0.4 is 0 Å². The molecule has 2 heteroatoms. The second kappa shape index (κ2) is 4.38. The van der Waals surface area contributed by atoms with E-state index >= 15 is 0 Å². The van der Waals surface area contributed by atoms with Gasteiger partial charge in [0.2, 0.25) is 0 Å². The number of para-hydroxylation sites is 1. The smallest absolute Gasteiger partial charge is 0.0485 e. The Morgan fingerprint density at radius 2 is 2.16 bits per heavy atom. The molecule has 2 aliphatic heterocycles. The zero-order valence-electron chi connectivity index (χ0n) is 11.7. The first kappa shape index (κ1) is 11.5. The number of hydrogen-bond acceptors (Lipinski definition) is 1. The highest BCUT2D eigenvalue weighted by atomic mass is 15.2. The monoisotopic (exact) mass is 254 g/mol. The average molecular weight is 254 g/mol. The van der Waals surface area contributed by atoms with E-state index in [9.17, 15) is 0 Å². The first-order valence-corrected chi connectivity index (χ1v) is 7.71. The Morgan fingerprint density at radius 1 is 1.26 bits per heavy atom. The second-order valence-electron chi connectivity index (χ2n) is 6.06. The third-order valence-electron chi connectivity index (χ3n) is 4.93. The molecule has 0 amide bonds. The molecule has 3 heterocycles. The predicted octanol–water partition coefficient (Wildman–Crippen LogP) is 3.57. The highest BCUT2D eigenvalue weighted by Crippen LogP contribution is 2.36. The minimum Gasteiger partial charge on any atom is -0.343 e. The predicted molar refractivity (Wildman–Crippen MR) is 79.4 cm³/mol. The summed E-state index contributed by atoms with van der Waals surface area (Å²) in [6.45, 7) is 5.92. The number of hydrogen-bond donors (Lipinski definition) is 0. The maximum absolute atomic E-state index is 2.70. The van der Waals surface area contributed by atoms with E-state index in [0.717, 1.165) is 12.6 Å². The van der Waals surface area contributed by atoms with Gasteiger partial charge in [-0.3, -0.25) is 4.90 Å². The second-order valence-corrected chi connectivity index (χ2v) is 6.06. The Balaban J connectivity index is 1.90. The molecule has 1 aromatic carbocycles. The van der Waals surface area contributed by atoms with E-state index in [4.69, 9.17) is 0 Å². The number of rotatable bonds is 2. The molecule has 1 fully saturated rings. The van der Waals surface area contributed by atoms with Crippen molar-refractivity contribution in [1.82, 2.24) is 9.47 Å². The summed E-state index contributed by atoms with van der Waals surface area (Å²) >= 11 is 0. The molecule has 100 valence electrons. The summed E-state index contributed by atoms with van der Waals surface area (Å²) in [6.07, 6.45) is 5.27. The molecular weight excluding hydrogens is 232 g/mol. The molecule has 0 spiro atoms. The Morgan fingerprint density at radius 3 is 3.05 bits per heavy atom. The number of benzene rings is 1. The summed E-state index contributed by atoms with van der Waals surface area (Å²) in [5.41, 5.74) is 4.70. The van der Waals surface area contributed by atoms with Crippen LogP contribution in [0.2, 0.25) is 0 Å². The summed E-state index contributed by atoms with van der Waals surface area (Å²) in [6, 6.07) is 9.81. The first-order chi connectivity index (χ1) is 9.38. The van der Waals surface area contributed by atoms with E-state index in [-0.39, 0.29) is 0 Å².